The van der Waals surface area contributed by atoms with Gasteiger partial charge in [0.2, 0.25) is 0 Å². The molecule has 0 aromatic heterocycles. The molecule has 4 atom stereocenters. The fourth-order valence-electron chi connectivity index (χ4n) is 7.35. The fraction of sp³-hybridized carbons (Fsp3) is 0.432. The van der Waals surface area contributed by atoms with Crippen molar-refractivity contribution in [1.82, 2.24) is 0 Å². The van der Waals surface area contributed by atoms with Gasteiger partial charge in [-0.2, -0.15) is 0 Å². The van der Waals surface area contributed by atoms with Crippen LogP contribution in [0.2, 0.25) is 0 Å². The van der Waals surface area contributed by atoms with Crippen LogP contribution in [0.5, 0.6) is 5.75 Å². The van der Waals surface area contributed by atoms with Gasteiger partial charge < -0.3 is 20.5 Å². The Morgan fingerprint density at radius 3 is 2.27 bits per heavy atom. The highest BCUT2D eigenvalue weighted by Gasteiger charge is 2.39. The summed E-state index contributed by atoms with van der Waals surface area (Å²) in [4.78, 5) is 41.3. The molecule has 0 saturated heterocycles. The second-order valence-corrected chi connectivity index (χ2v) is 12.6. The lowest BCUT2D eigenvalue weighted by molar-refractivity contribution is -0.00584. The van der Waals surface area contributed by atoms with Crippen molar-refractivity contribution in [1.29, 1.82) is 0 Å². The van der Waals surface area contributed by atoms with Crippen molar-refractivity contribution in [3.8, 4) is 5.75 Å². The van der Waals surface area contributed by atoms with Gasteiger partial charge in [-0.1, -0.05) is 57.4 Å². The smallest absolute Gasteiger partial charge is 0.340 e. The Labute approximate surface area is 259 Å². The van der Waals surface area contributed by atoms with Crippen molar-refractivity contribution >= 4 is 34.6 Å². The molecular weight excluding hydrogens is 552 g/mol. The van der Waals surface area contributed by atoms with Crippen molar-refractivity contribution < 1.29 is 23.9 Å². The van der Waals surface area contributed by atoms with Crippen LogP contribution in [0.1, 0.15) is 114 Å². The first-order valence-electron chi connectivity index (χ1n) is 16.2. The van der Waals surface area contributed by atoms with Crippen molar-refractivity contribution in [2.75, 3.05) is 17.7 Å². The monoisotopic (exact) mass is 594 g/mol. The molecule has 230 valence electrons. The predicted molar refractivity (Wildman–Crippen MR) is 172 cm³/mol. The number of benzene rings is 3. The number of hydrogen-bond acceptors (Lipinski definition) is 7. The van der Waals surface area contributed by atoms with Gasteiger partial charge in [0, 0.05) is 16.8 Å². The summed E-state index contributed by atoms with van der Waals surface area (Å²) in [6.45, 7) is 5.03. The molecule has 7 heteroatoms. The number of carbonyl (C=O) groups is 3. The molecule has 3 N–H and O–H groups in total. The molecule has 0 heterocycles. The van der Waals surface area contributed by atoms with E-state index in [1.54, 1.807) is 30.3 Å². The number of fused-ring (bicyclic) bond motifs is 3. The topological polar surface area (TPSA) is 108 Å². The second-order valence-electron chi connectivity index (χ2n) is 12.6. The Balaban J connectivity index is 1.30. The minimum absolute atomic E-state index is 0.0137. The number of nitrogen functional groups attached to an aromatic ring is 1. The molecule has 0 radical (unpaired) electrons. The van der Waals surface area contributed by atoms with E-state index in [0.717, 1.165) is 43.8 Å². The molecule has 7 nitrogen and oxygen atoms in total. The molecule has 3 aliphatic rings. The average molecular weight is 595 g/mol. The number of anilines is 3. The first kappa shape index (κ1) is 29.9. The first-order valence-corrected chi connectivity index (χ1v) is 16.2. The van der Waals surface area contributed by atoms with E-state index in [1.807, 2.05) is 24.3 Å². The number of hydrogen-bond donors (Lipinski definition) is 2. The van der Waals surface area contributed by atoms with Gasteiger partial charge in [-0.25, -0.2) is 4.79 Å². The van der Waals surface area contributed by atoms with Gasteiger partial charge >= 0.3 is 5.97 Å². The van der Waals surface area contributed by atoms with Crippen molar-refractivity contribution in [2.24, 2.45) is 17.8 Å². The zero-order valence-corrected chi connectivity index (χ0v) is 25.7. The van der Waals surface area contributed by atoms with Crippen LogP contribution in [0.4, 0.5) is 17.1 Å². The number of rotatable bonds is 9. The summed E-state index contributed by atoms with van der Waals surface area (Å²) >= 11 is 0. The summed E-state index contributed by atoms with van der Waals surface area (Å²) in [5, 5.41) is 3.29. The van der Waals surface area contributed by atoms with E-state index >= 15 is 0 Å². The normalized spacial score (nSPS) is 22.4. The summed E-state index contributed by atoms with van der Waals surface area (Å²) in [5.74, 6) is 1.59. The summed E-state index contributed by atoms with van der Waals surface area (Å²) in [6.07, 6.45) is 9.52. The van der Waals surface area contributed by atoms with Crippen LogP contribution in [0.25, 0.3) is 0 Å². The van der Waals surface area contributed by atoms with Crippen LogP contribution in [0.15, 0.2) is 54.6 Å². The summed E-state index contributed by atoms with van der Waals surface area (Å²) in [6, 6.07) is 15.7. The highest BCUT2D eigenvalue weighted by atomic mass is 16.5. The molecule has 0 amide bonds. The van der Waals surface area contributed by atoms with E-state index in [1.165, 1.54) is 25.7 Å². The van der Waals surface area contributed by atoms with E-state index in [0.29, 0.717) is 35.4 Å². The number of nitrogens with one attached hydrogen (secondary N) is 1. The quantitative estimate of drug-likeness (QED) is 0.114. The number of unbranched alkanes of at least 4 members (excludes halogenated alkanes) is 1. The van der Waals surface area contributed by atoms with E-state index in [9.17, 15) is 14.4 Å². The lowest BCUT2D eigenvalue weighted by Crippen LogP contribution is -2.35. The van der Waals surface area contributed by atoms with Crippen LogP contribution in [0, 0.1) is 17.8 Å². The van der Waals surface area contributed by atoms with Gasteiger partial charge in [0.05, 0.1) is 34.7 Å². The Kier molecular flexibility index (Phi) is 8.74. The Bertz CT molecular complexity index is 1560. The molecule has 0 spiro atoms. The molecule has 0 bridgehead atoms. The SMILES string of the molecule is CCCCOc1ccc(Nc2cc(C(=O)O[C@@H]3CC[C@@H]4CC(CC)CCC4C3)c(N)c3c2C(=O)c2ccccc2C3=O)cc1. The predicted octanol–water partition coefficient (Wildman–Crippen LogP) is 8.12. The number of nitrogens with two attached hydrogens (primary N) is 1. The molecule has 2 saturated carbocycles. The maximum atomic E-state index is 13.8. The number of esters is 1. The Hall–Kier alpha value is -4.13. The van der Waals surface area contributed by atoms with Crippen molar-refractivity contribution in [3.63, 3.8) is 0 Å². The van der Waals surface area contributed by atoms with Crippen LogP contribution < -0.4 is 15.8 Å². The fourth-order valence-corrected chi connectivity index (χ4v) is 7.35. The maximum Gasteiger partial charge on any atom is 0.340 e. The van der Waals surface area contributed by atoms with Crippen LogP contribution in [-0.4, -0.2) is 30.2 Å². The maximum absolute atomic E-state index is 13.8. The van der Waals surface area contributed by atoms with Crippen LogP contribution in [0.3, 0.4) is 0 Å². The lowest BCUT2D eigenvalue weighted by Gasteiger charge is -2.41. The van der Waals surface area contributed by atoms with Gasteiger partial charge in [-0.05, 0) is 86.6 Å². The van der Waals surface area contributed by atoms with Crippen molar-refractivity contribution in [3.05, 3.63) is 82.4 Å². The Morgan fingerprint density at radius 2 is 1.57 bits per heavy atom. The molecule has 6 rings (SSSR count). The van der Waals surface area contributed by atoms with E-state index in [2.05, 4.69) is 19.2 Å². The molecule has 2 unspecified atom stereocenters. The minimum Gasteiger partial charge on any atom is -0.494 e. The molecule has 3 aromatic rings. The number of ether oxygens (including phenoxy) is 2. The molecule has 3 aliphatic carbocycles. The third kappa shape index (κ3) is 5.84. The van der Waals surface area contributed by atoms with Crippen LogP contribution in [-0.2, 0) is 4.74 Å². The summed E-state index contributed by atoms with van der Waals surface area (Å²) in [7, 11) is 0. The van der Waals surface area contributed by atoms with Crippen LogP contribution >= 0.6 is 0 Å². The first-order chi connectivity index (χ1) is 21.4. The lowest BCUT2D eigenvalue weighted by atomic mass is 9.66. The third-order valence-corrected chi connectivity index (χ3v) is 9.88. The average Bonchev–Trinajstić information content (AvgIpc) is 3.04. The molecule has 3 aromatic carbocycles. The molecule has 0 aliphatic heterocycles. The van der Waals surface area contributed by atoms with E-state index < -0.39 is 5.97 Å². The highest BCUT2D eigenvalue weighted by molar-refractivity contribution is 6.32. The summed E-state index contributed by atoms with van der Waals surface area (Å²) in [5.41, 5.74) is 8.50. The van der Waals surface area contributed by atoms with E-state index in [4.69, 9.17) is 15.2 Å². The largest absolute Gasteiger partial charge is 0.494 e. The van der Waals surface area contributed by atoms with Crippen molar-refractivity contribution in [2.45, 2.75) is 77.7 Å². The van der Waals surface area contributed by atoms with Gasteiger partial charge in [0.15, 0.2) is 11.6 Å². The Morgan fingerprint density at radius 1 is 0.886 bits per heavy atom. The minimum atomic E-state index is -0.558. The summed E-state index contributed by atoms with van der Waals surface area (Å²) < 4.78 is 11.9. The second kappa shape index (κ2) is 12.8. The number of carbonyl (C=O) groups excluding carboxylic acids is 3. The van der Waals surface area contributed by atoms with Gasteiger partial charge in [-0.15, -0.1) is 0 Å². The van der Waals surface area contributed by atoms with Gasteiger partial charge in [0.1, 0.15) is 11.9 Å². The molecule has 44 heavy (non-hydrogen) atoms. The zero-order valence-electron chi connectivity index (χ0n) is 25.7. The molecule has 2 fully saturated rings. The van der Waals surface area contributed by atoms with Gasteiger partial charge in [-0.3, -0.25) is 9.59 Å². The highest BCUT2D eigenvalue weighted by Crippen LogP contribution is 2.45. The number of ketones is 2. The standard InChI is InChI=1S/C37H42N2O5/c1-3-5-18-43-26-16-13-25(14-17-26)39-31-21-30(34(38)33-32(31)35(40)28-8-6-7-9-29(28)36(33)41)37(42)44-27-15-12-23-19-22(4-2)10-11-24(23)20-27/h6-9,13-14,16-17,21-24,27,39H,3-5,10-12,15,18-20,38H2,1-2H3/t22?,23-,24?,27-/m1/s1. The zero-order chi connectivity index (χ0) is 30.8. The third-order valence-electron chi connectivity index (χ3n) is 9.88. The molecular formula is C37H42N2O5. The van der Waals surface area contributed by atoms with E-state index in [-0.39, 0.29) is 45.6 Å². The van der Waals surface area contributed by atoms with Gasteiger partial charge in [0.25, 0.3) is 0 Å².